The van der Waals surface area contributed by atoms with Crippen molar-refractivity contribution in [2.45, 2.75) is 11.3 Å². The minimum atomic E-state index is -3.84. The number of amides is 1. The number of hydrogen-bond acceptors (Lipinski definition) is 5. The van der Waals surface area contributed by atoms with Crippen molar-refractivity contribution in [1.29, 1.82) is 0 Å². The van der Waals surface area contributed by atoms with Crippen molar-refractivity contribution in [1.82, 2.24) is 4.98 Å². The van der Waals surface area contributed by atoms with E-state index in [2.05, 4.69) is 20.3 Å². The third-order valence-electron chi connectivity index (χ3n) is 4.15. The number of aromatic nitrogens is 1. The Labute approximate surface area is 160 Å². The smallest absolute Gasteiger partial charge is 0.263 e. The maximum absolute atomic E-state index is 12.9. The Kier molecular flexibility index (Phi) is 4.44. The highest BCUT2D eigenvalue weighted by atomic mass is 32.2. The third kappa shape index (κ3) is 3.79. The predicted octanol–water partition coefficient (Wildman–Crippen LogP) is 3.26. The van der Waals surface area contributed by atoms with E-state index in [1.807, 2.05) is 0 Å². The molecule has 1 aliphatic rings. The van der Waals surface area contributed by atoms with Crippen molar-refractivity contribution in [3.8, 4) is 0 Å². The van der Waals surface area contributed by atoms with E-state index in [1.165, 1.54) is 36.5 Å². The van der Waals surface area contributed by atoms with E-state index in [0.29, 0.717) is 22.6 Å². The van der Waals surface area contributed by atoms with Gasteiger partial charge in [0.1, 0.15) is 11.6 Å². The van der Waals surface area contributed by atoms with Gasteiger partial charge in [-0.15, -0.1) is 0 Å². The van der Waals surface area contributed by atoms with Crippen LogP contribution in [0.25, 0.3) is 0 Å². The first-order valence-electron chi connectivity index (χ1n) is 8.33. The molecular weight excluding hydrogens is 383 g/mol. The second-order valence-corrected chi connectivity index (χ2v) is 7.90. The van der Waals surface area contributed by atoms with E-state index in [-0.39, 0.29) is 28.9 Å². The molecule has 3 aromatic rings. The lowest BCUT2D eigenvalue weighted by atomic mass is 10.2. The van der Waals surface area contributed by atoms with Crippen molar-refractivity contribution >= 4 is 38.8 Å². The van der Waals surface area contributed by atoms with Gasteiger partial charge in [-0.1, -0.05) is 0 Å². The van der Waals surface area contributed by atoms with Crippen LogP contribution in [0.2, 0.25) is 0 Å². The Hall–Kier alpha value is -3.46. The van der Waals surface area contributed by atoms with Gasteiger partial charge in [-0.05, 0) is 60.2 Å². The van der Waals surface area contributed by atoms with Crippen LogP contribution < -0.4 is 15.4 Å². The lowest BCUT2D eigenvalue weighted by Gasteiger charge is -2.10. The number of benzene rings is 2. The summed E-state index contributed by atoms with van der Waals surface area (Å²) in [5.74, 6) is -0.345. The summed E-state index contributed by atoms with van der Waals surface area (Å²) in [6.45, 7) is 0. The third-order valence-corrected chi connectivity index (χ3v) is 5.50. The van der Waals surface area contributed by atoms with Gasteiger partial charge in [0.25, 0.3) is 10.0 Å². The molecule has 142 valence electrons. The van der Waals surface area contributed by atoms with E-state index in [1.54, 1.807) is 24.3 Å². The minimum Gasteiger partial charge on any atom is -0.354 e. The van der Waals surface area contributed by atoms with Crippen LogP contribution in [-0.2, 0) is 21.2 Å². The molecule has 0 fully saturated rings. The molecule has 4 rings (SSSR count). The van der Waals surface area contributed by atoms with Crippen LogP contribution in [0.4, 0.5) is 27.3 Å². The van der Waals surface area contributed by atoms with Crippen molar-refractivity contribution in [2.75, 3.05) is 15.4 Å². The Morgan fingerprint density at radius 2 is 1.75 bits per heavy atom. The number of hydrogen-bond donors (Lipinski definition) is 3. The molecule has 1 amide bonds. The molecule has 2 aromatic carbocycles. The molecule has 0 atom stereocenters. The highest BCUT2D eigenvalue weighted by Crippen LogP contribution is 2.27. The number of carbonyl (C=O) groups excluding carboxylic acids is 1. The van der Waals surface area contributed by atoms with Gasteiger partial charge in [-0.2, -0.15) is 0 Å². The van der Waals surface area contributed by atoms with Gasteiger partial charge < -0.3 is 10.6 Å². The van der Waals surface area contributed by atoms with Gasteiger partial charge in [0.05, 0.1) is 23.2 Å². The summed E-state index contributed by atoms with van der Waals surface area (Å²) in [7, 11) is -3.84. The monoisotopic (exact) mass is 398 g/mol. The zero-order valence-electron chi connectivity index (χ0n) is 14.4. The summed E-state index contributed by atoms with van der Waals surface area (Å²) in [6, 6.07) is 13.5. The standard InChI is InChI=1S/C19H15FN4O3S/c20-13-1-3-14(4-2-13)22-15-5-8-18(21-11-15)24-28(26,27)16-6-7-17-12(9-16)10-19(25)23-17/h1-9,11,22H,10H2,(H,21,24)(H,23,25). The maximum atomic E-state index is 12.9. The zero-order chi connectivity index (χ0) is 19.7. The normalized spacial score (nSPS) is 13.0. The molecule has 0 bridgehead atoms. The highest BCUT2D eigenvalue weighted by molar-refractivity contribution is 7.92. The number of nitrogens with one attached hydrogen (secondary N) is 3. The molecule has 7 nitrogen and oxygen atoms in total. The fourth-order valence-electron chi connectivity index (χ4n) is 2.80. The van der Waals surface area contributed by atoms with Crippen molar-refractivity contribution in [3.63, 3.8) is 0 Å². The van der Waals surface area contributed by atoms with Gasteiger partial charge in [0.15, 0.2) is 0 Å². The SMILES string of the molecule is O=C1Cc2cc(S(=O)(=O)Nc3ccc(Nc4ccc(F)cc4)cn3)ccc2N1. The first-order chi connectivity index (χ1) is 13.4. The van der Waals surface area contributed by atoms with E-state index in [4.69, 9.17) is 0 Å². The molecule has 0 saturated carbocycles. The highest BCUT2D eigenvalue weighted by Gasteiger charge is 2.22. The van der Waals surface area contributed by atoms with Crippen LogP contribution in [0.1, 0.15) is 5.56 Å². The lowest BCUT2D eigenvalue weighted by Crippen LogP contribution is -2.14. The quantitative estimate of drug-likeness (QED) is 0.613. The number of rotatable bonds is 5. The predicted molar refractivity (Wildman–Crippen MR) is 104 cm³/mol. The first kappa shape index (κ1) is 17.9. The summed E-state index contributed by atoms with van der Waals surface area (Å²) >= 11 is 0. The largest absolute Gasteiger partial charge is 0.354 e. The van der Waals surface area contributed by atoms with Gasteiger partial charge in [0, 0.05) is 11.4 Å². The average molecular weight is 398 g/mol. The molecular formula is C19H15FN4O3S. The van der Waals surface area contributed by atoms with Crippen LogP contribution in [0.3, 0.4) is 0 Å². The molecule has 9 heteroatoms. The van der Waals surface area contributed by atoms with Crippen LogP contribution in [0.5, 0.6) is 0 Å². The summed E-state index contributed by atoms with van der Waals surface area (Å²) in [5, 5.41) is 5.70. The summed E-state index contributed by atoms with van der Waals surface area (Å²) in [4.78, 5) is 15.6. The molecule has 3 N–H and O–H groups in total. The maximum Gasteiger partial charge on any atom is 0.263 e. The lowest BCUT2D eigenvalue weighted by molar-refractivity contribution is -0.115. The number of anilines is 4. The number of sulfonamides is 1. The van der Waals surface area contributed by atoms with Gasteiger partial charge >= 0.3 is 0 Å². The van der Waals surface area contributed by atoms with Crippen LogP contribution >= 0.6 is 0 Å². The number of nitrogens with zero attached hydrogens (tertiary/aromatic N) is 1. The summed E-state index contributed by atoms with van der Waals surface area (Å²) in [6.07, 6.45) is 1.62. The van der Waals surface area contributed by atoms with Crippen molar-refractivity contribution in [3.05, 3.63) is 72.2 Å². The number of carbonyl (C=O) groups is 1. The molecule has 0 saturated heterocycles. The molecule has 1 aliphatic heterocycles. The van der Waals surface area contributed by atoms with E-state index in [0.717, 1.165) is 0 Å². The minimum absolute atomic E-state index is 0.0538. The fourth-order valence-corrected chi connectivity index (χ4v) is 3.86. The van der Waals surface area contributed by atoms with Gasteiger partial charge in [-0.25, -0.2) is 17.8 Å². The van der Waals surface area contributed by atoms with E-state index < -0.39 is 10.0 Å². The second kappa shape index (κ2) is 6.93. The molecule has 0 radical (unpaired) electrons. The van der Waals surface area contributed by atoms with E-state index >= 15 is 0 Å². The zero-order valence-corrected chi connectivity index (χ0v) is 15.3. The topological polar surface area (TPSA) is 100 Å². The molecule has 0 unspecified atom stereocenters. The second-order valence-electron chi connectivity index (χ2n) is 6.21. The number of fused-ring (bicyclic) bond motifs is 1. The Bertz CT molecular complexity index is 1150. The first-order valence-corrected chi connectivity index (χ1v) is 9.82. The summed E-state index contributed by atoms with van der Waals surface area (Å²) in [5.41, 5.74) is 2.56. The molecule has 0 spiro atoms. The van der Waals surface area contributed by atoms with Crippen molar-refractivity contribution in [2.24, 2.45) is 0 Å². The van der Waals surface area contributed by atoms with Gasteiger partial charge in [-0.3, -0.25) is 9.52 Å². The molecule has 1 aromatic heterocycles. The average Bonchev–Trinajstić information content (AvgIpc) is 3.04. The van der Waals surface area contributed by atoms with Gasteiger partial charge in [0.2, 0.25) is 5.91 Å². The summed E-state index contributed by atoms with van der Waals surface area (Å²) < 4.78 is 40.5. The van der Waals surface area contributed by atoms with Crippen LogP contribution in [0.15, 0.2) is 65.7 Å². The molecule has 28 heavy (non-hydrogen) atoms. The fraction of sp³-hybridized carbons (Fsp3) is 0.0526. The van der Waals surface area contributed by atoms with Crippen LogP contribution in [-0.4, -0.2) is 19.3 Å². The van der Waals surface area contributed by atoms with Crippen LogP contribution in [0, 0.1) is 5.82 Å². The number of pyridine rings is 1. The Morgan fingerprint density at radius 3 is 2.46 bits per heavy atom. The van der Waals surface area contributed by atoms with Crippen molar-refractivity contribution < 1.29 is 17.6 Å². The Morgan fingerprint density at radius 1 is 1.00 bits per heavy atom. The molecule has 0 aliphatic carbocycles. The van der Waals surface area contributed by atoms with E-state index in [9.17, 15) is 17.6 Å². The molecule has 2 heterocycles. The number of halogens is 1. The Balaban J connectivity index is 1.48.